The summed E-state index contributed by atoms with van der Waals surface area (Å²) in [6.45, 7) is 0. The van der Waals surface area contributed by atoms with Gasteiger partial charge in [-0.25, -0.2) is 4.98 Å². The lowest BCUT2D eigenvalue weighted by Crippen LogP contribution is -2.14. The summed E-state index contributed by atoms with van der Waals surface area (Å²) in [6.07, 6.45) is 4.26. The van der Waals surface area contributed by atoms with Crippen molar-refractivity contribution >= 4 is 23.1 Å². The molecule has 0 fully saturated rings. The second kappa shape index (κ2) is 7.26. The molecule has 0 aliphatic rings. The number of nitrogens with one attached hydrogen (secondary N) is 1. The number of carbonyl (C=O) groups excluding carboxylic acids is 1. The van der Waals surface area contributed by atoms with Gasteiger partial charge in [0.1, 0.15) is 23.5 Å². The molecule has 3 aromatic rings. The molecule has 0 unspecified atom stereocenters. The number of carbonyl (C=O) groups is 1. The molecule has 9 heteroatoms. The highest BCUT2D eigenvalue weighted by Crippen LogP contribution is 2.27. The molecule has 0 spiro atoms. The first-order chi connectivity index (χ1) is 12.5. The van der Waals surface area contributed by atoms with Crippen molar-refractivity contribution in [2.75, 3.05) is 5.32 Å². The van der Waals surface area contributed by atoms with Crippen LogP contribution in [0.3, 0.4) is 0 Å². The molecule has 130 valence electrons. The first-order valence-corrected chi connectivity index (χ1v) is 7.42. The molecular formula is C17H13N5O4. The van der Waals surface area contributed by atoms with Crippen LogP contribution in [0.15, 0.2) is 61.1 Å². The van der Waals surface area contributed by atoms with Crippen LogP contribution in [0.5, 0.6) is 11.5 Å². The van der Waals surface area contributed by atoms with Crippen LogP contribution in [-0.2, 0) is 0 Å². The standard InChI is InChI=1S/C17H13N5O4/c18-16(23)15-9-12(22(24)25)10-20-17(15)21-11-2-1-3-14(8-11)26-13-4-6-19-7-5-13/h1-10H,(H2,18,23)(H,20,21). The molecule has 0 aliphatic carbocycles. The number of anilines is 2. The van der Waals surface area contributed by atoms with Crippen molar-refractivity contribution in [3.05, 3.63) is 76.7 Å². The van der Waals surface area contributed by atoms with E-state index in [4.69, 9.17) is 10.5 Å². The molecule has 3 rings (SSSR count). The quantitative estimate of drug-likeness (QED) is 0.515. The summed E-state index contributed by atoms with van der Waals surface area (Å²) in [6, 6.07) is 11.4. The number of primary amides is 1. The van der Waals surface area contributed by atoms with Crippen LogP contribution >= 0.6 is 0 Å². The number of ether oxygens (including phenoxy) is 1. The van der Waals surface area contributed by atoms with Crippen molar-refractivity contribution in [3.8, 4) is 11.5 Å². The molecule has 2 aromatic heterocycles. The number of hydrogen-bond acceptors (Lipinski definition) is 7. The van der Waals surface area contributed by atoms with Crippen molar-refractivity contribution in [3.63, 3.8) is 0 Å². The smallest absolute Gasteiger partial charge is 0.288 e. The van der Waals surface area contributed by atoms with Gasteiger partial charge in [0, 0.05) is 30.2 Å². The third-order valence-electron chi connectivity index (χ3n) is 3.33. The zero-order chi connectivity index (χ0) is 18.5. The lowest BCUT2D eigenvalue weighted by molar-refractivity contribution is -0.385. The van der Waals surface area contributed by atoms with Crippen LogP contribution in [0.2, 0.25) is 0 Å². The molecule has 0 bridgehead atoms. The molecule has 0 radical (unpaired) electrons. The number of aromatic nitrogens is 2. The molecule has 2 heterocycles. The van der Waals surface area contributed by atoms with Gasteiger partial charge < -0.3 is 15.8 Å². The highest BCUT2D eigenvalue weighted by Gasteiger charge is 2.16. The maximum Gasteiger partial charge on any atom is 0.288 e. The number of pyridine rings is 2. The third-order valence-corrected chi connectivity index (χ3v) is 3.33. The Morgan fingerprint density at radius 3 is 2.62 bits per heavy atom. The summed E-state index contributed by atoms with van der Waals surface area (Å²) in [5, 5.41) is 13.8. The Bertz CT molecular complexity index is 962. The van der Waals surface area contributed by atoms with E-state index in [1.54, 1.807) is 48.8 Å². The van der Waals surface area contributed by atoms with Gasteiger partial charge in [-0.05, 0) is 24.3 Å². The van der Waals surface area contributed by atoms with Gasteiger partial charge in [0.15, 0.2) is 0 Å². The number of amides is 1. The summed E-state index contributed by atoms with van der Waals surface area (Å²) in [5.41, 5.74) is 5.46. The van der Waals surface area contributed by atoms with E-state index in [1.165, 1.54) is 0 Å². The number of benzene rings is 1. The van der Waals surface area contributed by atoms with Crippen molar-refractivity contribution in [1.29, 1.82) is 0 Å². The Labute approximate surface area is 147 Å². The predicted molar refractivity (Wildman–Crippen MR) is 93.4 cm³/mol. The van der Waals surface area contributed by atoms with Gasteiger partial charge in [-0.3, -0.25) is 19.9 Å². The maximum atomic E-state index is 11.6. The average Bonchev–Trinajstić information content (AvgIpc) is 2.63. The first kappa shape index (κ1) is 16.8. The van der Waals surface area contributed by atoms with Gasteiger partial charge in [0.25, 0.3) is 11.6 Å². The molecule has 0 saturated carbocycles. The second-order valence-electron chi connectivity index (χ2n) is 5.15. The molecule has 0 atom stereocenters. The number of nitrogens with two attached hydrogens (primary N) is 1. The van der Waals surface area contributed by atoms with E-state index >= 15 is 0 Å². The van der Waals surface area contributed by atoms with E-state index in [0.717, 1.165) is 12.3 Å². The lowest BCUT2D eigenvalue weighted by atomic mass is 10.2. The number of hydrogen-bond donors (Lipinski definition) is 2. The van der Waals surface area contributed by atoms with E-state index in [9.17, 15) is 14.9 Å². The zero-order valence-corrected chi connectivity index (χ0v) is 13.3. The fourth-order valence-corrected chi connectivity index (χ4v) is 2.16. The summed E-state index contributed by atoms with van der Waals surface area (Å²) < 4.78 is 5.70. The fourth-order valence-electron chi connectivity index (χ4n) is 2.16. The number of nitrogens with zero attached hydrogens (tertiary/aromatic N) is 3. The third kappa shape index (κ3) is 3.90. The van der Waals surface area contributed by atoms with Gasteiger partial charge in [0.05, 0.1) is 10.5 Å². The summed E-state index contributed by atoms with van der Waals surface area (Å²) in [7, 11) is 0. The highest BCUT2D eigenvalue weighted by molar-refractivity contribution is 5.98. The van der Waals surface area contributed by atoms with E-state index in [1.807, 2.05) is 0 Å². The molecule has 26 heavy (non-hydrogen) atoms. The van der Waals surface area contributed by atoms with Crippen LogP contribution in [0.25, 0.3) is 0 Å². The minimum atomic E-state index is -0.826. The highest BCUT2D eigenvalue weighted by atomic mass is 16.6. The SMILES string of the molecule is NC(=O)c1cc([N+](=O)[O-])cnc1Nc1cccc(Oc2ccncc2)c1. The Morgan fingerprint density at radius 1 is 1.15 bits per heavy atom. The zero-order valence-electron chi connectivity index (χ0n) is 13.3. The molecule has 0 saturated heterocycles. The van der Waals surface area contributed by atoms with Crippen molar-refractivity contribution in [2.45, 2.75) is 0 Å². The minimum Gasteiger partial charge on any atom is -0.457 e. The van der Waals surface area contributed by atoms with Crippen LogP contribution < -0.4 is 15.8 Å². The lowest BCUT2D eigenvalue weighted by Gasteiger charge is -2.11. The van der Waals surface area contributed by atoms with Crippen molar-refractivity contribution in [2.24, 2.45) is 5.73 Å². The molecule has 9 nitrogen and oxygen atoms in total. The Morgan fingerprint density at radius 2 is 1.92 bits per heavy atom. The van der Waals surface area contributed by atoms with Crippen LogP contribution in [0.1, 0.15) is 10.4 Å². The topological polar surface area (TPSA) is 133 Å². The summed E-state index contributed by atoms with van der Waals surface area (Å²) >= 11 is 0. The first-order valence-electron chi connectivity index (χ1n) is 7.42. The molecule has 0 aliphatic heterocycles. The molecule has 3 N–H and O–H groups in total. The molecular weight excluding hydrogens is 338 g/mol. The Hall–Kier alpha value is -4.01. The van der Waals surface area contributed by atoms with Gasteiger partial charge >= 0.3 is 0 Å². The minimum absolute atomic E-state index is 0.0837. The van der Waals surface area contributed by atoms with E-state index in [2.05, 4.69) is 15.3 Å². The Balaban J connectivity index is 1.86. The van der Waals surface area contributed by atoms with Crippen molar-refractivity contribution < 1.29 is 14.5 Å². The number of rotatable bonds is 6. The summed E-state index contributed by atoms with van der Waals surface area (Å²) in [5.74, 6) is 0.448. The van der Waals surface area contributed by atoms with Gasteiger partial charge in [-0.2, -0.15) is 0 Å². The van der Waals surface area contributed by atoms with E-state index in [-0.39, 0.29) is 17.1 Å². The van der Waals surface area contributed by atoms with E-state index in [0.29, 0.717) is 17.2 Å². The molecule has 1 aromatic carbocycles. The monoisotopic (exact) mass is 351 g/mol. The van der Waals surface area contributed by atoms with Gasteiger partial charge in [-0.15, -0.1) is 0 Å². The number of nitro groups is 1. The van der Waals surface area contributed by atoms with Crippen LogP contribution in [0.4, 0.5) is 17.2 Å². The second-order valence-corrected chi connectivity index (χ2v) is 5.15. The van der Waals surface area contributed by atoms with E-state index < -0.39 is 10.8 Å². The van der Waals surface area contributed by atoms with Gasteiger partial charge in [0.2, 0.25) is 0 Å². The normalized spacial score (nSPS) is 10.2. The predicted octanol–water partition coefficient (Wildman–Crippen LogP) is 3.02. The average molecular weight is 351 g/mol. The van der Waals surface area contributed by atoms with Crippen LogP contribution in [0, 0.1) is 10.1 Å². The molecule has 1 amide bonds. The summed E-state index contributed by atoms with van der Waals surface area (Å²) in [4.78, 5) is 29.6. The maximum absolute atomic E-state index is 11.6. The van der Waals surface area contributed by atoms with Crippen LogP contribution in [-0.4, -0.2) is 20.8 Å². The largest absolute Gasteiger partial charge is 0.457 e. The Kier molecular flexibility index (Phi) is 4.70. The van der Waals surface area contributed by atoms with Crippen molar-refractivity contribution in [1.82, 2.24) is 9.97 Å². The van der Waals surface area contributed by atoms with Gasteiger partial charge in [-0.1, -0.05) is 6.07 Å². The fraction of sp³-hybridized carbons (Fsp3) is 0.